The summed E-state index contributed by atoms with van der Waals surface area (Å²) in [5.74, 6) is 1.30. The first kappa shape index (κ1) is 8.89. The van der Waals surface area contributed by atoms with Crippen LogP contribution in [0.4, 0.5) is 0 Å². The Bertz CT molecular complexity index is 135. The van der Waals surface area contributed by atoms with Crippen LogP contribution in [0.1, 0.15) is 32.6 Å². The number of hydrogen-bond donors (Lipinski definition) is 0. The molecule has 2 heteroatoms. The second-order valence-electron chi connectivity index (χ2n) is 3.96. The maximum absolute atomic E-state index is 2.72. The molecule has 0 saturated carbocycles. The first-order valence-electron chi connectivity index (χ1n) is 5.26. The third kappa shape index (κ3) is 1.80. The Labute approximate surface area is 79.9 Å². The third-order valence-corrected chi connectivity index (χ3v) is 4.27. The van der Waals surface area contributed by atoms with Gasteiger partial charge >= 0.3 is 0 Å². The van der Waals surface area contributed by atoms with Crippen LogP contribution in [0.5, 0.6) is 0 Å². The fraction of sp³-hybridized carbons (Fsp3) is 1.00. The Hall–Kier alpha value is 0.310. The third-order valence-electron chi connectivity index (χ3n) is 3.12. The molecule has 0 N–H and O–H groups in total. The lowest BCUT2D eigenvalue weighted by Crippen LogP contribution is -2.34. The van der Waals surface area contributed by atoms with Crippen molar-refractivity contribution in [1.29, 1.82) is 0 Å². The maximum Gasteiger partial charge on any atom is 0.0189 e. The lowest BCUT2D eigenvalue weighted by molar-refractivity contribution is 0.198. The number of nitrogens with zero attached hydrogens (tertiary/aromatic N) is 1. The molecule has 0 spiro atoms. The van der Waals surface area contributed by atoms with Gasteiger partial charge in [0.15, 0.2) is 0 Å². The first-order chi connectivity index (χ1) is 5.90. The molecular formula is C10H19NS. The highest BCUT2D eigenvalue weighted by Crippen LogP contribution is 2.32. The van der Waals surface area contributed by atoms with Gasteiger partial charge in [0.1, 0.15) is 0 Å². The van der Waals surface area contributed by atoms with Crippen molar-refractivity contribution in [2.24, 2.45) is 0 Å². The summed E-state index contributed by atoms with van der Waals surface area (Å²) in [4.78, 5) is 2.72. The van der Waals surface area contributed by atoms with E-state index in [1.54, 1.807) is 0 Å². The molecule has 2 heterocycles. The number of piperidine rings is 1. The molecule has 2 aliphatic heterocycles. The zero-order chi connectivity index (χ0) is 8.39. The van der Waals surface area contributed by atoms with Crippen molar-refractivity contribution in [3.8, 4) is 0 Å². The van der Waals surface area contributed by atoms with E-state index in [4.69, 9.17) is 0 Å². The molecule has 1 nitrogen and oxygen atoms in total. The molecule has 2 fully saturated rings. The van der Waals surface area contributed by atoms with Gasteiger partial charge in [0.25, 0.3) is 0 Å². The molecule has 0 bridgehead atoms. The summed E-state index contributed by atoms with van der Waals surface area (Å²) in [7, 11) is 0. The van der Waals surface area contributed by atoms with E-state index < -0.39 is 0 Å². The van der Waals surface area contributed by atoms with E-state index in [-0.39, 0.29) is 0 Å². The van der Waals surface area contributed by atoms with Crippen molar-refractivity contribution in [1.82, 2.24) is 4.90 Å². The molecule has 0 aromatic heterocycles. The van der Waals surface area contributed by atoms with E-state index >= 15 is 0 Å². The second kappa shape index (κ2) is 4.01. The summed E-state index contributed by atoms with van der Waals surface area (Å²) in [5.41, 5.74) is 0. The summed E-state index contributed by atoms with van der Waals surface area (Å²) in [6, 6.07) is 0.961. The summed E-state index contributed by atoms with van der Waals surface area (Å²) in [6.45, 7) is 5.04. The Morgan fingerprint density at radius 2 is 2.33 bits per heavy atom. The lowest BCUT2D eigenvalue weighted by atomic mass is 10.0. The molecule has 0 unspecified atom stereocenters. The number of fused-ring (bicyclic) bond motifs is 1. The normalized spacial score (nSPS) is 36.8. The molecule has 0 amide bonds. The van der Waals surface area contributed by atoms with Crippen LogP contribution in [-0.4, -0.2) is 35.0 Å². The zero-order valence-electron chi connectivity index (χ0n) is 7.96. The number of hydrogen-bond acceptors (Lipinski definition) is 2. The zero-order valence-corrected chi connectivity index (χ0v) is 8.78. The van der Waals surface area contributed by atoms with Gasteiger partial charge in [-0.15, -0.1) is 0 Å². The minimum absolute atomic E-state index is 0.957. The van der Waals surface area contributed by atoms with Crippen LogP contribution in [0.15, 0.2) is 0 Å². The van der Waals surface area contributed by atoms with Crippen LogP contribution in [0.2, 0.25) is 0 Å². The van der Waals surface area contributed by atoms with E-state index in [1.165, 1.54) is 44.5 Å². The fourth-order valence-electron chi connectivity index (χ4n) is 2.56. The van der Waals surface area contributed by atoms with Crippen LogP contribution in [-0.2, 0) is 0 Å². The van der Waals surface area contributed by atoms with Gasteiger partial charge in [0, 0.05) is 17.8 Å². The van der Waals surface area contributed by atoms with Gasteiger partial charge in [0.2, 0.25) is 0 Å². The van der Waals surface area contributed by atoms with E-state index in [9.17, 15) is 0 Å². The predicted octanol–water partition coefficient (Wildman–Crippen LogP) is 2.37. The second-order valence-corrected chi connectivity index (χ2v) is 5.53. The standard InChI is InChI=1S/C10H19NS/c1-2-12-10-7-9-5-3-4-6-11(9)8-10/h9-10H,2-8H2,1H3/t9-,10-/m0/s1. The van der Waals surface area contributed by atoms with Crippen molar-refractivity contribution in [2.45, 2.75) is 43.9 Å². The van der Waals surface area contributed by atoms with Gasteiger partial charge in [-0.25, -0.2) is 0 Å². The van der Waals surface area contributed by atoms with Crippen LogP contribution >= 0.6 is 11.8 Å². The summed E-state index contributed by atoms with van der Waals surface area (Å²) in [5, 5.41) is 0.957. The lowest BCUT2D eigenvalue weighted by Gasteiger charge is -2.28. The summed E-state index contributed by atoms with van der Waals surface area (Å²) in [6.07, 6.45) is 5.87. The Kier molecular flexibility index (Phi) is 2.97. The highest BCUT2D eigenvalue weighted by atomic mass is 32.2. The van der Waals surface area contributed by atoms with Gasteiger partial charge in [0.05, 0.1) is 0 Å². The molecule has 0 radical (unpaired) electrons. The topological polar surface area (TPSA) is 3.24 Å². The Morgan fingerprint density at radius 1 is 1.42 bits per heavy atom. The molecule has 12 heavy (non-hydrogen) atoms. The fourth-order valence-corrected chi connectivity index (χ4v) is 3.69. The van der Waals surface area contributed by atoms with Crippen LogP contribution in [0.3, 0.4) is 0 Å². The number of thioether (sulfide) groups is 1. The van der Waals surface area contributed by atoms with Gasteiger partial charge in [-0.05, 0) is 31.6 Å². The molecule has 2 rings (SSSR count). The van der Waals surface area contributed by atoms with Gasteiger partial charge < -0.3 is 0 Å². The average molecular weight is 185 g/mol. The van der Waals surface area contributed by atoms with Gasteiger partial charge in [-0.1, -0.05) is 13.3 Å². The average Bonchev–Trinajstić information content (AvgIpc) is 2.47. The minimum Gasteiger partial charge on any atom is -0.299 e. The van der Waals surface area contributed by atoms with Gasteiger partial charge in [-0.2, -0.15) is 11.8 Å². The largest absolute Gasteiger partial charge is 0.299 e. The van der Waals surface area contributed by atoms with Crippen LogP contribution < -0.4 is 0 Å². The minimum atomic E-state index is 0.957. The number of rotatable bonds is 2. The predicted molar refractivity (Wildman–Crippen MR) is 55.7 cm³/mol. The van der Waals surface area contributed by atoms with E-state index in [2.05, 4.69) is 23.6 Å². The quantitative estimate of drug-likeness (QED) is 0.650. The van der Waals surface area contributed by atoms with E-state index in [0.29, 0.717) is 0 Å². The highest BCUT2D eigenvalue weighted by molar-refractivity contribution is 7.99. The molecular weight excluding hydrogens is 166 g/mol. The van der Waals surface area contributed by atoms with Crippen molar-refractivity contribution in [2.75, 3.05) is 18.8 Å². The molecule has 0 aliphatic carbocycles. The Morgan fingerprint density at radius 3 is 3.08 bits per heavy atom. The molecule has 70 valence electrons. The highest BCUT2D eigenvalue weighted by Gasteiger charge is 2.32. The molecule has 2 saturated heterocycles. The maximum atomic E-state index is 2.72. The SMILES string of the molecule is CCS[C@H]1C[C@@H]2CCCCN2C1. The van der Waals surface area contributed by atoms with E-state index in [0.717, 1.165) is 11.3 Å². The molecule has 2 aliphatic rings. The molecule has 0 aromatic carbocycles. The summed E-state index contributed by atoms with van der Waals surface area (Å²) >= 11 is 2.16. The molecule has 2 atom stereocenters. The van der Waals surface area contributed by atoms with Crippen LogP contribution in [0.25, 0.3) is 0 Å². The van der Waals surface area contributed by atoms with Crippen molar-refractivity contribution in [3.05, 3.63) is 0 Å². The van der Waals surface area contributed by atoms with Crippen molar-refractivity contribution >= 4 is 11.8 Å². The van der Waals surface area contributed by atoms with Crippen LogP contribution in [0, 0.1) is 0 Å². The first-order valence-corrected chi connectivity index (χ1v) is 6.30. The summed E-state index contributed by atoms with van der Waals surface area (Å²) < 4.78 is 0. The van der Waals surface area contributed by atoms with Crippen molar-refractivity contribution in [3.63, 3.8) is 0 Å². The monoisotopic (exact) mass is 185 g/mol. The molecule has 0 aromatic rings. The van der Waals surface area contributed by atoms with E-state index in [1.807, 2.05) is 0 Å². The van der Waals surface area contributed by atoms with Crippen molar-refractivity contribution < 1.29 is 0 Å². The smallest absolute Gasteiger partial charge is 0.0189 e. The Balaban J connectivity index is 1.85. The van der Waals surface area contributed by atoms with Gasteiger partial charge in [-0.3, -0.25) is 4.90 Å².